The summed E-state index contributed by atoms with van der Waals surface area (Å²) in [5.74, 6) is 0. The lowest BCUT2D eigenvalue weighted by Crippen LogP contribution is -2.56. The SMILES string of the molecule is CC1(NS(=O)(=O)c2cc(N3CCN4COCC[C@H]4C3)c3ncc(-c4nnc(C(F)F)s4)n3c2)CC1. The Morgan fingerprint density at radius 3 is 2.86 bits per heavy atom. The van der Waals surface area contributed by atoms with E-state index in [1.807, 2.05) is 6.92 Å². The molecule has 3 fully saturated rings. The van der Waals surface area contributed by atoms with Crippen LogP contribution in [-0.4, -0.2) is 77.5 Å². The third-order valence-corrected chi connectivity index (χ3v) is 9.46. The Labute approximate surface area is 205 Å². The molecule has 1 saturated carbocycles. The Kier molecular flexibility index (Phi) is 5.56. The molecular weight excluding hydrogens is 500 g/mol. The molecule has 3 aromatic rings. The highest BCUT2D eigenvalue weighted by molar-refractivity contribution is 7.89. The number of halogens is 2. The van der Waals surface area contributed by atoms with Crippen molar-refractivity contribution in [2.24, 2.45) is 0 Å². The lowest BCUT2D eigenvalue weighted by molar-refractivity contribution is -0.0511. The predicted molar refractivity (Wildman–Crippen MR) is 125 cm³/mol. The van der Waals surface area contributed by atoms with Gasteiger partial charge in [-0.1, -0.05) is 11.3 Å². The van der Waals surface area contributed by atoms with Crippen LogP contribution in [0.25, 0.3) is 16.3 Å². The number of piperazine rings is 1. The second-order valence-electron chi connectivity index (χ2n) is 9.55. The van der Waals surface area contributed by atoms with Gasteiger partial charge >= 0.3 is 0 Å². The number of imidazole rings is 1. The molecule has 14 heteroatoms. The number of hydrogen-bond donors (Lipinski definition) is 1. The van der Waals surface area contributed by atoms with Crippen LogP contribution in [0, 0.1) is 0 Å². The van der Waals surface area contributed by atoms with Crippen LogP contribution in [0.2, 0.25) is 0 Å². The maximum Gasteiger partial charge on any atom is 0.291 e. The molecule has 2 saturated heterocycles. The Morgan fingerprint density at radius 1 is 1.29 bits per heavy atom. The summed E-state index contributed by atoms with van der Waals surface area (Å²) in [6.07, 6.45) is 2.75. The first-order chi connectivity index (χ1) is 16.7. The van der Waals surface area contributed by atoms with Crippen LogP contribution < -0.4 is 9.62 Å². The molecule has 2 aliphatic heterocycles. The van der Waals surface area contributed by atoms with Gasteiger partial charge in [0.1, 0.15) is 10.6 Å². The van der Waals surface area contributed by atoms with Crippen LogP contribution in [0.15, 0.2) is 23.4 Å². The van der Waals surface area contributed by atoms with Gasteiger partial charge in [0.2, 0.25) is 10.0 Å². The molecule has 0 unspecified atom stereocenters. The number of alkyl halides is 2. The Bertz CT molecular complexity index is 1370. The highest BCUT2D eigenvalue weighted by atomic mass is 32.2. The van der Waals surface area contributed by atoms with Crippen LogP contribution in [0.5, 0.6) is 0 Å². The topological polar surface area (TPSA) is 105 Å². The molecule has 3 aromatic heterocycles. The third kappa shape index (κ3) is 4.31. The third-order valence-electron chi connectivity index (χ3n) is 6.90. The molecule has 1 atom stereocenters. The van der Waals surface area contributed by atoms with Crippen LogP contribution in [0.4, 0.5) is 14.5 Å². The largest absolute Gasteiger partial charge is 0.366 e. The van der Waals surface area contributed by atoms with Crippen molar-refractivity contribution in [3.05, 3.63) is 23.5 Å². The quantitative estimate of drug-likeness (QED) is 0.524. The molecule has 188 valence electrons. The summed E-state index contributed by atoms with van der Waals surface area (Å²) in [6, 6.07) is 1.97. The molecule has 0 radical (unpaired) electrons. The first-order valence-corrected chi connectivity index (χ1v) is 13.8. The fourth-order valence-corrected chi connectivity index (χ4v) is 6.83. The zero-order chi connectivity index (χ0) is 24.4. The summed E-state index contributed by atoms with van der Waals surface area (Å²) in [6.45, 7) is 5.35. The van der Waals surface area contributed by atoms with Crippen molar-refractivity contribution in [1.29, 1.82) is 0 Å². The number of hydrogen-bond acceptors (Lipinski definition) is 9. The van der Waals surface area contributed by atoms with Gasteiger partial charge in [-0.3, -0.25) is 9.30 Å². The molecule has 6 rings (SSSR count). The van der Waals surface area contributed by atoms with E-state index in [1.54, 1.807) is 10.5 Å². The summed E-state index contributed by atoms with van der Waals surface area (Å²) in [4.78, 5) is 9.10. The van der Waals surface area contributed by atoms with Crippen molar-refractivity contribution >= 4 is 32.7 Å². The van der Waals surface area contributed by atoms with E-state index in [1.165, 1.54) is 12.4 Å². The van der Waals surface area contributed by atoms with E-state index in [0.29, 0.717) is 49.5 Å². The first-order valence-electron chi connectivity index (χ1n) is 11.5. The molecule has 3 aliphatic rings. The maximum atomic E-state index is 13.3. The Balaban J connectivity index is 1.46. The number of fused-ring (bicyclic) bond motifs is 2. The minimum atomic E-state index is -3.82. The molecule has 0 amide bonds. The second kappa shape index (κ2) is 8.40. The molecule has 0 aromatic carbocycles. The van der Waals surface area contributed by atoms with E-state index >= 15 is 0 Å². The summed E-state index contributed by atoms with van der Waals surface area (Å²) in [5, 5.41) is 7.36. The van der Waals surface area contributed by atoms with Gasteiger partial charge in [-0.25, -0.2) is 26.9 Å². The monoisotopic (exact) mass is 525 g/mol. The average Bonchev–Trinajstić information content (AvgIpc) is 3.22. The van der Waals surface area contributed by atoms with Crippen LogP contribution in [0.1, 0.15) is 37.6 Å². The van der Waals surface area contributed by atoms with Gasteiger partial charge in [0.25, 0.3) is 6.43 Å². The smallest absolute Gasteiger partial charge is 0.291 e. The molecule has 0 spiro atoms. The van der Waals surface area contributed by atoms with Gasteiger partial charge in [0.15, 0.2) is 15.7 Å². The highest BCUT2D eigenvalue weighted by Crippen LogP contribution is 2.38. The van der Waals surface area contributed by atoms with Crippen molar-refractivity contribution in [1.82, 2.24) is 29.2 Å². The van der Waals surface area contributed by atoms with Gasteiger partial charge in [-0.15, -0.1) is 10.2 Å². The van der Waals surface area contributed by atoms with E-state index in [0.717, 1.165) is 37.1 Å². The second-order valence-corrected chi connectivity index (χ2v) is 12.2. The lowest BCUT2D eigenvalue weighted by Gasteiger charge is -2.44. The summed E-state index contributed by atoms with van der Waals surface area (Å²) in [5.41, 5.74) is 1.21. The van der Waals surface area contributed by atoms with Crippen molar-refractivity contribution in [2.45, 2.75) is 49.1 Å². The predicted octanol–water partition coefficient (Wildman–Crippen LogP) is 2.49. The van der Waals surface area contributed by atoms with Crippen LogP contribution in [-0.2, 0) is 14.8 Å². The summed E-state index contributed by atoms with van der Waals surface area (Å²) in [7, 11) is -3.82. The number of aromatic nitrogens is 4. The molecule has 1 N–H and O–H groups in total. The number of sulfonamides is 1. The minimum Gasteiger partial charge on any atom is -0.366 e. The Hall–Kier alpha value is -2.26. The van der Waals surface area contributed by atoms with E-state index in [2.05, 4.69) is 29.7 Å². The van der Waals surface area contributed by atoms with Crippen LogP contribution >= 0.6 is 11.3 Å². The molecule has 10 nitrogen and oxygen atoms in total. The first kappa shape index (κ1) is 23.2. The summed E-state index contributed by atoms with van der Waals surface area (Å²) >= 11 is 0.771. The van der Waals surface area contributed by atoms with Crippen molar-refractivity contribution in [2.75, 3.05) is 37.9 Å². The number of rotatable bonds is 6. The van der Waals surface area contributed by atoms with Gasteiger partial charge in [-0.05, 0) is 32.3 Å². The van der Waals surface area contributed by atoms with Crippen molar-refractivity contribution in [3.63, 3.8) is 0 Å². The molecule has 5 heterocycles. The fourth-order valence-electron chi connectivity index (χ4n) is 4.64. The minimum absolute atomic E-state index is 0.0976. The standard InChI is InChI=1S/C21H25F2N7O3S2/c1-21(3-4-21)27-35(31,32)14-8-15(28-5-6-29-12-33-7-2-13(29)10-28)18-24-9-16(30(18)11-14)19-25-26-20(34-19)17(22)23/h8-9,11,13,17,27H,2-7,10,12H2,1H3/t13-/m0/s1. The van der Waals surface area contributed by atoms with Crippen molar-refractivity contribution in [3.8, 4) is 10.7 Å². The van der Waals surface area contributed by atoms with Gasteiger partial charge in [-0.2, -0.15) is 0 Å². The van der Waals surface area contributed by atoms with E-state index in [-0.39, 0.29) is 9.90 Å². The number of nitrogens with zero attached hydrogens (tertiary/aromatic N) is 6. The van der Waals surface area contributed by atoms with E-state index < -0.39 is 27.0 Å². The normalized spacial score (nSPS) is 22.6. The average molecular weight is 526 g/mol. The lowest BCUT2D eigenvalue weighted by atomic mass is 10.1. The molecule has 0 bridgehead atoms. The Morgan fingerprint density at radius 2 is 2.11 bits per heavy atom. The number of nitrogens with one attached hydrogen (secondary N) is 1. The zero-order valence-corrected chi connectivity index (χ0v) is 20.7. The summed E-state index contributed by atoms with van der Waals surface area (Å²) < 4.78 is 63.0. The molecule has 1 aliphatic carbocycles. The van der Waals surface area contributed by atoms with Gasteiger partial charge in [0, 0.05) is 44.0 Å². The number of pyridine rings is 1. The zero-order valence-electron chi connectivity index (χ0n) is 19.0. The molecular formula is C21H25F2N7O3S2. The maximum absolute atomic E-state index is 13.3. The molecule has 35 heavy (non-hydrogen) atoms. The number of ether oxygens (including phenoxy) is 1. The highest BCUT2D eigenvalue weighted by Gasteiger charge is 2.42. The fraction of sp³-hybridized carbons (Fsp3) is 0.571. The van der Waals surface area contributed by atoms with Gasteiger partial charge in [0.05, 0.1) is 18.6 Å². The van der Waals surface area contributed by atoms with Crippen molar-refractivity contribution < 1.29 is 21.9 Å². The van der Waals surface area contributed by atoms with Crippen LogP contribution in [0.3, 0.4) is 0 Å². The van der Waals surface area contributed by atoms with E-state index in [4.69, 9.17) is 4.74 Å². The van der Waals surface area contributed by atoms with E-state index in [9.17, 15) is 17.2 Å². The number of anilines is 1. The van der Waals surface area contributed by atoms with Gasteiger partial charge < -0.3 is 9.64 Å².